The first-order valence-electron chi connectivity index (χ1n) is 7.45. The Morgan fingerprint density at radius 3 is 2.95 bits per heavy atom. The van der Waals surface area contributed by atoms with Crippen LogP contribution in [0.3, 0.4) is 0 Å². The van der Waals surface area contributed by atoms with Crippen molar-refractivity contribution in [3.63, 3.8) is 0 Å². The predicted octanol–water partition coefficient (Wildman–Crippen LogP) is 2.18. The minimum absolute atomic E-state index is 0.00744. The molecule has 2 atom stereocenters. The van der Waals surface area contributed by atoms with Crippen molar-refractivity contribution in [3.05, 3.63) is 22.4 Å². The van der Waals surface area contributed by atoms with E-state index in [1.807, 2.05) is 21.7 Å². The third-order valence-electron chi connectivity index (χ3n) is 4.45. The maximum Gasteiger partial charge on any atom is 0.270 e. The molecule has 2 unspecified atom stereocenters. The Morgan fingerprint density at radius 2 is 2.24 bits per heavy atom. The van der Waals surface area contributed by atoms with Crippen LogP contribution in [0.15, 0.2) is 16.7 Å². The first-order chi connectivity index (χ1) is 9.99. The van der Waals surface area contributed by atoms with Gasteiger partial charge in [-0.2, -0.15) is 0 Å². The zero-order valence-corrected chi connectivity index (χ0v) is 13.9. The first-order valence-corrected chi connectivity index (χ1v) is 8.24. The molecule has 114 valence electrons. The van der Waals surface area contributed by atoms with Gasteiger partial charge in [0, 0.05) is 29.8 Å². The molecule has 21 heavy (non-hydrogen) atoms. The zero-order valence-electron chi connectivity index (χ0n) is 12.3. The lowest BCUT2D eigenvalue weighted by molar-refractivity contribution is -0.123. The number of nitrogens with one attached hydrogen (secondary N) is 1. The maximum absolute atomic E-state index is 12.9. The number of carbonyl (C=O) groups excluding carboxylic acids is 2. The molecule has 0 aliphatic carbocycles. The first kappa shape index (κ1) is 14.6. The summed E-state index contributed by atoms with van der Waals surface area (Å²) >= 11 is 3.45. The molecule has 2 aliphatic rings. The van der Waals surface area contributed by atoms with E-state index >= 15 is 0 Å². The number of carbonyl (C=O) groups is 2. The fourth-order valence-electron chi connectivity index (χ4n) is 3.40. The predicted molar refractivity (Wildman–Crippen MR) is 83.1 cm³/mol. The summed E-state index contributed by atoms with van der Waals surface area (Å²) in [6.07, 6.45) is 3.72. The highest BCUT2D eigenvalue weighted by molar-refractivity contribution is 9.10. The Bertz CT molecular complexity index is 581. The maximum atomic E-state index is 12.9. The van der Waals surface area contributed by atoms with Crippen molar-refractivity contribution in [1.82, 2.24) is 14.8 Å². The molecule has 1 aromatic rings. The number of aromatic nitrogens is 1. The van der Waals surface area contributed by atoms with E-state index in [1.54, 1.807) is 0 Å². The largest absolute Gasteiger partial charge is 0.354 e. The van der Waals surface area contributed by atoms with E-state index in [-0.39, 0.29) is 29.8 Å². The Balaban J connectivity index is 1.90. The number of hydrogen-bond donors (Lipinski definition) is 1. The molecule has 1 N–H and O–H groups in total. The highest BCUT2D eigenvalue weighted by Gasteiger charge is 2.43. The third-order valence-corrected chi connectivity index (χ3v) is 4.89. The smallest absolute Gasteiger partial charge is 0.270 e. The topological polar surface area (TPSA) is 54.3 Å². The Kier molecular flexibility index (Phi) is 3.82. The van der Waals surface area contributed by atoms with Crippen LogP contribution in [0.25, 0.3) is 0 Å². The second kappa shape index (κ2) is 5.48. The van der Waals surface area contributed by atoms with E-state index in [4.69, 9.17) is 0 Å². The summed E-state index contributed by atoms with van der Waals surface area (Å²) in [5, 5.41) is 2.89. The molecule has 5 nitrogen and oxygen atoms in total. The van der Waals surface area contributed by atoms with Crippen LogP contribution in [0.2, 0.25) is 0 Å². The van der Waals surface area contributed by atoms with Crippen LogP contribution in [-0.4, -0.2) is 40.4 Å². The summed E-state index contributed by atoms with van der Waals surface area (Å²) in [6.45, 7) is 5.43. The summed E-state index contributed by atoms with van der Waals surface area (Å²) in [4.78, 5) is 26.6. The van der Waals surface area contributed by atoms with E-state index in [2.05, 4.69) is 35.1 Å². The zero-order chi connectivity index (χ0) is 15.1. The van der Waals surface area contributed by atoms with Crippen molar-refractivity contribution in [2.75, 3.05) is 13.1 Å². The fourth-order valence-corrected chi connectivity index (χ4v) is 3.83. The number of likely N-dealkylation sites (tertiary alicyclic amines) is 1. The van der Waals surface area contributed by atoms with Gasteiger partial charge in [-0.15, -0.1) is 0 Å². The van der Waals surface area contributed by atoms with Gasteiger partial charge in [0.25, 0.3) is 5.91 Å². The van der Waals surface area contributed by atoms with E-state index in [0.29, 0.717) is 12.2 Å². The SMILES string of the molecule is CC(C)n1cc(Br)cc1C(=O)N1CCCC2C(=O)NCC21. The Hall–Kier alpha value is -1.30. The quantitative estimate of drug-likeness (QED) is 0.885. The van der Waals surface area contributed by atoms with Gasteiger partial charge in [-0.05, 0) is 48.7 Å². The van der Waals surface area contributed by atoms with E-state index in [1.165, 1.54) is 0 Å². The van der Waals surface area contributed by atoms with Crippen molar-refractivity contribution < 1.29 is 9.59 Å². The number of halogens is 1. The van der Waals surface area contributed by atoms with Crippen molar-refractivity contribution in [3.8, 4) is 0 Å². The monoisotopic (exact) mass is 353 g/mol. The minimum Gasteiger partial charge on any atom is -0.354 e. The van der Waals surface area contributed by atoms with Crippen LogP contribution in [0.1, 0.15) is 43.2 Å². The lowest BCUT2D eigenvalue weighted by Gasteiger charge is -2.36. The highest BCUT2D eigenvalue weighted by atomic mass is 79.9. The van der Waals surface area contributed by atoms with E-state index in [0.717, 1.165) is 23.9 Å². The normalized spacial score (nSPS) is 25.1. The minimum atomic E-state index is -0.0337. The standard InChI is InChI=1S/C15H20BrN3O2/c1-9(2)19-8-10(16)6-12(19)15(21)18-5-3-4-11-13(18)7-17-14(11)20/h6,8-9,11,13H,3-5,7H2,1-2H3,(H,17,20). The molecule has 6 heteroatoms. The summed E-state index contributed by atoms with van der Waals surface area (Å²) in [7, 11) is 0. The van der Waals surface area contributed by atoms with E-state index in [9.17, 15) is 9.59 Å². The van der Waals surface area contributed by atoms with Gasteiger partial charge < -0.3 is 14.8 Å². The van der Waals surface area contributed by atoms with Gasteiger partial charge in [0.15, 0.2) is 0 Å². The summed E-state index contributed by atoms with van der Waals surface area (Å²) in [6, 6.07) is 2.10. The highest BCUT2D eigenvalue weighted by Crippen LogP contribution is 2.30. The average Bonchev–Trinajstić information content (AvgIpc) is 3.02. The van der Waals surface area contributed by atoms with Crippen LogP contribution in [0, 0.1) is 5.92 Å². The number of nitrogens with zero attached hydrogens (tertiary/aromatic N) is 2. The molecule has 0 spiro atoms. The average molecular weight is 354 g/mol. The van der Waals surface area contributed by atoms with Crippen LogP contribution >= 0.6 is 15.9 Å². The Labute approximate surface area is 132 Å². The van der Waals surface area contributed by atoms with Gasteiger partial charge in [-0.1, -0.05) is 0 Å². The number of piperidine rings is 1. The lowest BCUT2D eigenvalue weighted by Crippen LogP contribution is -2.49. The van der Waals surface area contributed by atoms with Gasteiger partial charge in [0.2, 0.25) is 5.91 Å². The molecule has 2 saturated heterocycles. The van der Waals surface area contributed by atoms with Gasteiger partial charge in [0.05, 0.1) is 12.0 Å². The van der Waals surface area contributed by atoms with E-state index < -0.39 is 0 Å². The molecule has 2 aliphatic heterocycles. The molecule has 0 aromatic carbocycles. The second-order valence-electron chi connectivity index (χ2n) is 6.10. The number of fused-ring (bicyclic) bond motifs is 1. The molecule has 3 rings (SSSR count). The molecule has 0 radical (unpaired) electrons. The van der Waals surface area contributed by atoms with Crippen molar-refractivity contribution in [2.45, 2.75) is 38.8 Å². The van der Waals surface area contributed by atoms with Crippen LogP contribution in [0.5, 0.6) is 0 Å². The van der Waals surface area contributed by atoms with Gasteiger partial charge in [-0.3, -0.25) is 9.59 Å². The van der Waals surface area contributed by atoms with Gasteiger partial charge in [0.1, 0.15) is 5.69 Å². The number of hydrogen-bond acceptors (Lipinski definition) is 2. The molecule has 3 heterocycles. The molecule has 1 aromatic heterocycles. The molecular formula is C15H20BrN3O2. The molecule has 0 bridgehead atoms. The number of rotatable bonds is 2. The second-order valence-corrected chi connectivity index (χ2v) is 7.02. The van der Waals surface area contributed by atoms with Gasteiger partial charge in [-0.25, -0.2) is 0 Å². The van der Waals surface area contributed by atoms with Crippen LogP contribution in [-0.2, 0) is 4.79 Å². The molecule has 2 amide bonds. The van der Waals surface area contributed by atoms with Crippen molar-refractivity contribution in [1.29, 1.82) is 0 Å². The summed E-state index contributed by atoms with van der Waals surface area (Å²) < 4.78 is 2.90. The van der Waals surface area contributed by atoms with Crippen molar-refractivity contribution in [2.24, 2.45) is 5.92 Å². The lowest BCUT2D eigenvalue weighted by atomic mass is 9.91. The summed E-state index contributed by atoms with van der Waals surface area (Å²) in [5.41, 5.74) is 0.692. The third kappa shape index (κ3) is 2.50. The summed E-state index contributed by atoms with van der Waals surface area (Å²) in [5.74, 6) is 0.0899. The Morgan fingerprint density at radius 1 is 1.48 bits per heavy atom. The van der Waals surface area contributed by atoms with Gasteiger partial charge >= 0.3 is 0 Å². The molecular weight excluding hydrogens is 334 g/mol. The van der Waals surface area contributed by atoms with Crippen LogP contribution in [0.4, 0.5) is 0 Å². The number of amides is 2. The van der Waals surface area contributed by atoms with Crippen LogP contribution < -0.4 is 5.32 Å². The molecule has 0 saturated carbocycles. The van der Waals surface area contributed by atoms with Crippen molar-refractivity contribution >= 4 is 27.7 Å². The molecule has 2 fully saturated rings. The fraction of sp³-hybridized carbons (Fsp3) is 0.600.